The Bertz CT molecular complexity index is 476. The molecule has 0 saturated heterocycles. The molecule has 0 radical (unpaired) electrons. The first-order chi connectivity index (χ1) is 9.24. The number of rotatable bonds is 6. The van der Waals surface area contributed by atoms with Crippen LogP contribution in [-0.4, -0.2) is 25.5 Å². The van der Waals surface area contributed by atoms with Crippen LogP contribution in [0.25, 0.3) is 0 Å². The maximum atomic E-state index is 5.76. The number of nitrogens with zero attached hydrogens (tertiary/aromatic N) is 1. The second-order valence-electron chi connectivity index (χ2n) is 4.97. The van der Waals surface area contributed by atoms with Gasteiger partial charge in [-0.05, 0) is 43.8 Å². The third kappa shape index (κ3) is 4.76. The van der Waals surface area contributed by atoms with Crippen molar-refractivity contribution in [2.75, 3.05) is 20.6 Å². The molecule has 0 fully saturated rings. The Balaban J connectivity index is 1.85. The molecule has 0 aliphatic rings. The fourth-order valence-electron chi connectivity index (χ4n) is 1.85. The highest BCUT2D eigenvalue weighted by Gasteiger charge is 1.98. The zero-order chi connectivity index (χ0) is 13.5. The van der Waals surface area contributed by atoms with Crippen molar-refractivity contribution in [1.29, 1.82) is 0 Å². The minimum Gasteiger partial charge on any atom is -0.489 e. The molecular weight excluding hydrogens is 234 g/mol. The molecule has 2 heteroatoms. The van der Waals surface area contributed by atoms with E-state index in [0.29, 0.717) is 6.61 Å². The number of hydrogen-bond acceptors (Lipinski definition) is 2. The zero-order valence-electron chi connectivity index (χ0n) is 11.7. The first kappa shape index (κ1) is 13.6. The summed E-state index contributed by atoms with van der Waals surface area (Å²) in [6, 6.07) is 18.6. The van der Waals surface area contributed by atoms with Gasteiger partial charge in [0.05, 0.1) is 0 Å². The van der Waals surface area contributed by atoms with Gasteiger partial charge in [-0.1, -0.05) is 42.5 Å². The summed E-state index contributed by atoms with van der Waals surface area (Å²) >= 11 is 0. The van der Waals surface area contributed by atoms with Gasteiger partial charge in [0.25, 0.3) is 0 Å². The van der Waals surface area contributed by atoms with Crippen LogP contribution in [0, 0.1) is 0 Å². The van der Waals surface area contributed by atoms with E-state index in [4.69, 9.17) is 4.74 Å². The highest BCUT2D eigenvalue weighted by molar-refractivity contribution is 5.28. The Morgan fingerprint density at radius 1 is 0.842 bits per heavy atom. The summed E-state index contributed by atoms with van der Waals surface area (Å²) in [4.78, 5) is 2.19. The molecule has 0 aliphatic carbocycles. The predicted octanol–water partition coefficient (Wildman–Crippen LogP) is 3.37. The van der Waals surface area contributed by atoms with Gasteiger partial charge in [-0.3, -0.25) is 0 Å². The number of ether oxygens (including phenoxy) is 1. The van der Waals surface area contributed by atoms with Crippen LogP contribution in [0.2, 0.25) is 0 Å². The van der Waals surface area contributed by atoms with E-state index in [1.54, 1.807) is 0 Å². The van der Waals surface area contributed by atoms with E-state index in [-0.39, 0.29) is 0 Å². The first-order valence-electron chi connectivity index (χ1n) is 6.64. The monoisotopic (exact) mass is 255 g/mol. The fraction of sp³-hybridized carbons (Fsp3) is 0.294. The highest BCUT2D eigenvalue weighted by atomic mass is 16.5. The van der Waals surface area contributed by atoms with Crippen molar-refractivity contribution in [2.45, 2.75) is 13.0 Å². The number of benzene rings is 2. The standard InChI is InChI=1S/C17H21NO/c1-18(2)13-12-15-8-10-17(11-9-15)19-14-16-6-4-3-5-7-16/h3-11H,12-14H2,1-2H3. The summed E-state index contributed by atoms with van der Waals surface area (Å²) in [6.45, 7) is 1.70. The molecule has 0 unspecified atom stereocenters. The molecule has 2 aromatic carbocycles. The molecule has 0 bridgehead atoms. The third-order valence-electron chi connectivity index (χ3n) is 3.02. The van der Waals surface area contributed by atoms with Crippen molar-refractivity contribution in [2.24, 2.45) is 0 Å². The molecule has 0 saturated carbocycles. The summed E-state index contributed by atoms with van der Waals surface area (Å²) in [7, 11) is 4.19. The van der Waals surface area contributed by atoms with Crippen LogP contribution < -0.4 is 4.74 Å². The van der Waals surface area contributed by atoms with E-state index < -0.39 is 0 Å². The van der Waals surface area contributed by atoms with Gasteiger partial charge in [0.15, 0.2) is 0 Å². The fourth-order valence-corrected chi connectivity index (χ4v) is 1.85. The average molecular weight is 255 g/mol. The quantitative estimate of drug-likeness (QED) is 0.784. The van der Waals surface area contributed by atoms with E-state index in [9.17, 15) is 0 Å². The Morgan fingerprint density at radius 3 is 2.16 bits per heavy atom. The first-order valence-corrected chi connectivity index (χ1v) is 6.64. The topological polar surface area (TPSA) is 12.5 Å². The van der Waals surface area contributed by atoms with Crippen LogP contribution in [0.4, 0.5) is 0 Å². The van der Waals surface area contributed by atoms with Crippen LogP contribution in [0.1, 0.15) is 11.1 Å². The van der Waals surface area contributed by atoms with Crippen LogP contribution in [0.5, 0.6) is 5.75 Å². The highest BCUT2D eigenvalue weighted by Crippen LogP contribution is 2.14. The summed E-state index contributed by atoms with van der Waals surface area (Å²) in [6.07, 6.45) is 1.08. The van der Waals surface area contributed by atoms with Crippen LogP contribution in [-0.2, 0) is 13.0 Å². The molecule has 2 aromatic rings. The van der Waals surface area contributed by atoms with Gasteiger partial charge in [-0.2, -0.15) is 0 Å². The Kier molecular flexibility index (Phi) is 4.99. The van der Waals surface area contributed by atoms with Gasteiger partial charge in [0.2, 0.25) is 0 Å². The van der Waals surface area contributed by atoms with Crippen LogP contribution in [0.3, 0.4) is 0 Å². The molecule has 0 aromatic heterocycles. The minimum atomic E-state index is 0.623. The Hall–Kier alpha value is -1.80. The van der Waals surface area contributed by atoms with E-state index in [1.165, 1.54) is 11.1 Å². The Morgan fingerprint density at radius 2 is 1.53 bits per heavy atom. The van der Waals surface area contributed by atoms with Gasteiger partial charge >= 0.3 is 0 Å². The smallest absolute Gasteiger partial charge is 0.119 e. The maximum absolute atomic E-state index is 5.76. The predicted molar refractivity (Wildman–Crippen MR) is 79.5 cm³/mol. The van der Waals surface area contributed by atoms with Gasteiger partial charge in [-0.15, -0.1) is 0 Å². The Labute approximate surface area is 115 Å². The van der Waals surface area contributed by atoms with Crippen molar-refractivity contribution >= 4 is 0 Å². The normalized spacial score (nSPS) is 10.7. The lowest BCUT2D eigenvalue weighted by Gasteiger charge is -2.10. The van der Waals surface area contributed by atoms with E-state index in [1.807, 2.05) is 30.3 Å². The summed E-state index contributed by atoms with van der Waals surface area (Å²) in [5.74, 6) is 0.928. The molecule has 2 nitrogen and oxygen atoms in total. The molecule has 100 valence electrons. The average Bonchev–Trinajstić information content (AvgIpc) is 2.45. The summed E-state index contributed by atoms with van der Waals surface area (Å²) in [5, 5.41) is 0. The van der Waals surface area contributed by atoms with Gasteiger partial charge in [0, 0.05) is 6.54 Å². The molecule has 2 rings (SSSR count). The van der Waals surface area contributed by atoms with Gasteiger partial charge < -0.3 is 9.64 Å². The van der Waals surface area contributed by atoms with Crippen molar-refractivity contribution < 1.29 is 4.74 Å². The van der Waals surface area contributed by atoms with E-state index in [2.05, 4.69) is 43.3 Å². The van der Waals surface area contributed by atoms with Crippen molar-refractivity contribution in [3.8, 4) is 5.75 Å². The molecule has 0 aliphatic heterocycles. The lowest BCUT2D eigenvalue weighted by Crippen LogP contribution is -2.14. The molecule has 0 heterocycles. The maximum Gasteiger partial charge on any atom is 0.119 e. The number of hydrogen-bond donors (Lipinski definition) is 0. The second kappa shape index (κ2) is 6.95. The van der Waals surface area contributed by atoms with Crippen molar-refractivity contribution in [3.63, 3.8) is 0 Å². The van der Waals surface area contributed by atoms with E-state index in [0.717, 1.165) is 18.7 Å². The summed E-state index contributed by atoms with van der Waals surface area (Å²) in [5.41, 5.74) is 2.54. The van der Waals surface area contributed by atoms with Gasteiger partial charge in [-0.25, -0.2) is 0 Å². The minimum absolute atomic E-state index is 0.623. The SMILES string of the molecule is CN(C)CCc1ccc(OCc2ccccc2)cc1. The summed E-state index contributed by atoms with van der Waals surface area (Å²) < 4.78 is 5.76. The van der Waals surface area contributed by atoms with Crippen molar-refractivity contribution in [3.05, 3.63) is 65.7 Å². The molecule has 0 N–H and O–H groups in total. The largest absolute Gasteiger partial charge is 0.489 e. The molecule has 19 heavy (non-hydrogen) atoms. The lowest BCUT2D eigenvalue weighted by atomic mass is 10.1. The van der Waals surface area contributed by atoms with Crippen LogP contribution >= 0.6 is 0 Å². The van der Waals surface area contributed by atoms with Gasteiger partial charge in [0.1, 0.15) is 12.4 Å². The molecule has 0 amide bonds. The molecular formula is C17H21NO. The molecule has 0 atom stereocenters. The zero-order valence-corrected chi connectivity index (χ0v) is 11.7. The molecule has 0 spiro atoms. The third-order valence-corrected chi connectivity index (χ3v) is 3.02. The lowest BCUT2D eigenvalue weighted by molar-refractivity contribution is 0.306. The van der Waals surface area contributed by atoms with Crippen LogP contribution in [0.15, 0.2) is 54.6 Å². The van der Waals surface area contributed by atoms with Crippen molar-refractivity contribution in [1.82, 2.24) is 4.90 Å². The number of likely N-dealkylation sites (N-methyl/N-ethyl adjacent to an activating group) is 1. The van der Waals surface area contributed by atoms with E-state index >= 15 is 0 Å². The second-order valence-corrected chi connectivity index (χ2v) is 4.97.